The Labute approximate surface area is 152 Å². The van der Waals surface area contributed by atoms with Gasteiger partial charge in [0.25, 0.3) is 5.56 Å². The second kappa shape index (κ2) is 7.67. The Morgan fingerprint density at radius 2 is 1.92 bits per heavy atom. The largest absolute Gasteiger partial charge is 0.391 e. The molecule has 0 bridgehead atoms. The zero-order chi connectivity index (χ0) is 17.9. The average Bonchev–Trinajstić information content (AvgIpc) is 3.19. The Balaban J connectivity index is 1.38. The van der Waals surface area contributed by atoms with Gasteiger partial charge in [-0.25, -0.2) is 14.3 Å². The number of nitrogens with zero attached hydrogens (tertiary/aromatic N) is 6. The van der Waals surface area contributed by atoms with Crippen molar-refractivity contribution in [3.8, 4) is 5.82 Å². The van der Waals surface area contributed by atoms with Crippen molar-refractivity contribution < 1.29 is 5.11 Å². The number of hydrogen-bond acceptors (Lipinski definition) is 6. The Bertz CT molecular complexity index is 766. The first-order valence-corrected chi connectivity index (χ1v) is 9.56. The summed E-state index contributed by atoms with van der Waals surface area (Å²) in [4.78, 5) is 18.6. The van der Waals surface area contributed by atoms with E-state index in [2.05, 4.69) is 20.1 Å². The van der Waals surface area contributed by atoms with Gasteiger partial charge in [-0.2, -0.15) is 5.10 Å². The van der Waals surface area contributed by atoms with Crippen LogP contribution in [0.15, 0.2) is 29.6 Å². The van der Waals surface area contributed by atoms with Crippen LogP contribution < -0.4 is 5.56 Å². The fourth-order valence-corrected chi connectivity index (χ4v) is 4.25. The number of likely N-dealkylation sites (tertiary alicyclic amines) is 1. The third kappa shape index (κ3) is 3.71. The second-order valence-electron chi connectivity index (χ2n) is 7.45. The molecule has 1 saturated heterocycles. The molecule has 4 rings (SSSR count). The van der Waals surface area contributed by atoms with Crippen molar-refractivity contribution in [3.63, 3.8) is 0 Å². The summed E-state index contributed by atoms with van der Waals surface area (Å²) in [5.74, 6) is 1.04. The molecule has 0 spiro atoms. The van der Waals surface area contributed by atoms with Crippen LogP contribution in [0.25, 0.3) is 5.82 Å². The van der Waals surface area contributed by atoms with Crippen LogP contribution in [0.2, 0.25) is 0 Å². The predicted octanol–water partition coefficient (Wildman–Crippen LogP) is 0.839. The van der Waals surface area contributed by atoms with Gasteiger partial charge in [0.1, 0.15) is 12.7 Å². The van der Waals surface area contributed by atoms with Crippen molar-refractivity contribution >= 4 is 0 Å². The summed E-state index contributed by atoms with van der Waals surface area (Å²) in [6.45, 7) is 2.61. The molecular formula is C18H26N6O2. The maximum atomic E-state index is 12.2. The number of aromatic nitrogens is 5. The highest BCUT2D eigenvalue weighted by molar-refractivity contribution is 5.16. The lowest BCUT2D eigenvalue weighted by molar-refractivity contribution is 0.00246. The maximum Gasteiger partial charge on any atom is 0.266 e. The Kier molecular flexibility index (Phi) is 5.12. The van der Waals surface area contributed by atoms with E-state index in [0.29, 0.717) is 24.3 Å². The van der Waals surface area contributed by atoms with E-state index in [4.69, 9.17) is 0 Å². The molecule has 2 fully saturated rings. The molecule has 26 heavy (non-hydrogen) atoms. The van der Waals surface area contributed by atoms with Crippen LogP contribution in [0.3, 0.4) is 0 Å². The molecule has 2 unspecified atom stereocenters. The summed E-state index contributed by atoms with van der Waals surface area (Å²) < 4.78 is 3.11. The van der Waals surface area contributed by atoms with Crippen molar-refractivity contribution in [2.24, 2.45) is 5.92 Å². The van der Waals surface area contributed by atoms with Crippen LogP contribution in [0.5, 0.6) is 0 Å². The van der Waals surface area contributed by atoms with E-state index >= 15 is 0 Å². The van der Waals surface area contributed by atoms with Gasteiger partial charge in [0, 0.05) is 18.7 Å². The summed E-state index contributed by atoms with van der Waals surface area (Å²) in [7, 11) is 0. The highest BCUT2D eigenvalue weighted by Crippen LogP contribution is 2.27. The molecule has 1 saturated carbocycles. The van der Waals surface area contributed by atoms with Crippen LogP contribution in [-0.2, 0) is 6.54 Å². The third-order valence-corrected chi connectivity index (χ3v) is 5.75. The molecule has 8 heteroatoms. The van der Waals surface area contributed by atoms with Crippen molar-refractivity contribution in [2.45, 2.75) is 57.2 Å². The van der Waals surface area contributed by atoms with Crippen LogP contribution in [0, 0.1) is 5.92 Å². The van der Waals surface area contributed by atoms with E-state index in [1.807, 2.05) is 0 Å². The summed E-state index contributed by atoms with van der Waals surface area (Å²) in [5, 5.41) is 18.8. The molecule has 0 aromatic carbocycles. The Morgan fingerprint density at radius 1 is 1.12 bits per heavy atom. The van der Waals surface area contributed by atoms with Crippen LogP contribution in [0.1, 0.15) is 38.5 Å². The van der Waals surface area contributed by atoms with E-state index in [1.54, 1.807) is 21.8 Å². The summed E-state index contributed by atoms with van der Waals surface area (Å²) >= 11 is 0. The number of piperidine rings is 1. The van der Waals surface area contributed by atoms with Gasteiger partial charge in [0.2, 0.25) is 0 Å². The monoisotopic (exact) mass is 358 g/mol. The van der Waals surface area contributed by atoms with Gasteiger partial charge < -0.3 is 5.11 Å². The summed E-state index contributed by atoms with van der Waals surface area (Å²) in [6, 6.07) is 3.53. The summed E-state index contributed by atoms with van der Waals surface area (Å²) in [6.07, 6.45) is 9.31. The minimum Gasteiger partial charge on any atom is -0.391 e. The highest BCUT2D eigenvalue weighted by Gasteiger charge is 2.31. The van der Waals surface area contributed by atoms with Crippen LogP contribution in [-0.4, -0.2) is 59.8 Å². The van der Waals surface area contributed by atoms with E-state index in [-0.39, 0.29) is 11.7 Å². The van der Waals surface area contributed by atoms with Crippen molar-refractivity contribution in [1.29, 1.82) is 0 Å². The molecule has 2 aromatic rings. The lowest BCUT2D eigenvalue weighted by atomic mass is 9.88. The molecule has 0 radical (unpaired) electrons. The standard InChI is InChI=1S/C18H26N6O2/c25-16-4-2-1-3-15(16)22-9-7-14(8-10-22)11-23-18(26)6-5-17(21-23)24-13-19-12-20-24/h5-6,12-16,25H,1-4,7-11H2. The van der Waals surface area contributed by atoms with Crippen molar-refractivity contribution in [3.05, 3.63) is 35.1 Å². The van der Waals surface area contributed by atoms with Gasteiger partial charge in [-0.15, -0.1) is 5.10 Å². The number of aliphatic hydroxyl groups excluding tert-OH is 1. The zero-order valence-corrected chi connectivity index (χ0v) is 14.9. The Hall–Kier alpha value is -2.06. The van der Waals surface area contributed by atoms with E-state index in [9.17, 15) is 9.90 Å². The smallest absolute Gasteiger partial charge is 0.266 e. The molecule has 1 N–H and O–H groups in total. The minimum atomic E-state index is -0.177. The molecule has 1 aliphatic carbocycles. The highest BCUT2D eigenvalue weighted by atomic mass is 16.3. The quantitative estimate of drug-likeness (QED) is 0.871. The molecule has 140 valence electrons. The molecule has 2 aliphatic rings. The molecule has 1 aliphatic heterocycles. The van der Waals surface area contributed by atoms with Crippen molar-refractivity contribution in [2.75, 3.05) is 13.1 Å². The van der Waals surface area contributed by atoms with E-state index < -0.39 is 0 Å². The van der Waals surface area contributed by atoms with E-state index in [0.717, 1.165) is 45.2 Å². The fourth-order valence-electron chi connectivity index (χ4n) is 4.25. The third-order valence-electron chi connectivity index (χ3n) is 5.75. The SMILES string of the molecule is O=c1ccc(-n2cncn2)nn1CC1CCN(C2CCCCC2O)CC1. The fraction of sp³-hybridized carbons (Fsp3) is 0.667. The lowest BCUT2D eigenvalue weighted by Crippen LogP contribution is -2.49. The van der Waals surface area contributed by atoms with Crippen LogP contribution >= 0.6 is 0 Å². The topological polar surface area (TPSA) is 89.1 Å². The lowest BCUT2D eigenvalue weighted by Gasteiger charge is -2.41. The molecule has 2 atom stereocenters. The van der Waals surface area contributed by atoms with Gasteiger partial charge in [0.05, 0.1) is 6.10 Å². The first kappa shape index (κ1) is 17.4. The maximum absolute atomic E-state index is 12.2. The first-order valence-electron chi connectivity index (χ1n) is 9.56. The van der Waals surface area contributed by atoms with Gasteiger partial charge >= 0.3 is 0 Å². The average molecular weight is 358 g/mol. The molecule has 0 amide bonds. The Morgan fingerprint density at radius 3 is 2.65 bits per heavy atom. The number of hydrogen-bond donors (Lipinski definition) is 1. The molecule has 2 aromatic heterocycles. The minimum absolute atomic E-state index is 0.0843. The normalized spacial score (nSPS) is 25.4. The molecular weight excluding hydrogens is 332 g/mol. The van der Waals surface area contributed by atoms with Crippen molar-refractivity contribution in [1.82, 2.24) is 29.4 Å². The van der Waals surface area contributed by atoms with Crippen LogP contribution in [0.4, 0.5) is 0 Å². The van der Waals surface area contributed by atoms with Gasteiger partial charge in [-0.1, -0.05) is 12.8 Å². The van der Waals surface area contributed by atoms with Gasteiger partial charge in [-0.3, -0.25) is 9.69 Å². The zero-order valence-electron chi connectivity index (χ0n) is 14.9. The second-order valence-corrected chi connectivity index (χ2v) is 7.45. The predicted molar refractivity (Wildman–Crippen MR) is 96.0 cm³/mol. The summed E-state index contributed by atoms with van der Waals surface area (Å²) in [5.41, 5.74) is -0.0843. The first-order chi connectivity index (χ1) is 12.7. The molecule has 3 heterocycles. The van der Waals surface area contributed by atoms with E-state index in [1.165, 1.54) is 18.8 Å². The number of aliphatic hydroxyl groups is 1. The number of rotatable bonds is 4. The molecule has 8 nitrogen and oxygen atoms in total. The van der Waals surface area contributed by atoms with Gasteiger partial charge in [0.15, 0.2) is 5.82 Å². The van der Waals surface area contributed by atoms with Gasteiger partial charge in [-0.05, 0) is 50.8 Å².